The van der Waals surface area contributed by atoms with Gasteiger partial charge in [0.15, 0.2) is 0 Å². The van der Waals surface area contributed by atoms with Crippen LogP contribution in [0, 0.1) is 11.3 Å². The molecule has 1 N–H and O–H groups in total. The van der Waals surface area contributed by atoms with Crippen molar-refractivity contribution in [3.05, 3.63) is 40.1 Å². The SMILES string of the molecule is CC(C)(C)C(NC(=O)c1cc(OCC2CC2)c(C2CC2)cn1)c1nccs1. The first-order chi connectivity index (χ1) is 12.9. The van der Waals surface area contributed by atoms with Gasteiger partial charge in [0.25, 0.3) is 5.91 Å². The lowest BCUT2D eigenvalue weighted by Crippen LogP contribution is -2.37. The molecule has 0 saturated heterocycles. The van der Waals surface area contributed by atoms with Crippen LogP contribution in [0.4, 0.5) is 0 Å². The number of aromatic nitrogens is 2. The van der Waals surface area contributed by atoms with E-state index in [9.17, 15) is 4.79 Å². The van der Waals surface area contributed by atoms with E-state index < -0.39 is 0 Å². The van der Waals surface area contributed by atoms with Crippen LogP contribution in [0.2, 0.25) is 0 Å². The highest BCUT2D eigenvalue weighted by Gasteiger charge is 2.32. The van der Waals surface area contributed by atoms with Crippen molar-refractivity contribution in [3.63, 3.8) is 0 Å². The molecule has 2 fully saturated rings. The second kappa shape index (κ2) is 7.23. The van der Waals surface area contributed by atoms with Crippen LogP contribution in [0.15, 0.2) is 23.8 Å². The van der Waals surface area contributed by atoms with Gasteiger partial charge in [-0.15, -0.1) is 11.3 Å². The third-order valence-electron chi connectivity index (χ3n) is 5.16. The number of ether oxygens (including phenoxy) is 1. The minimum absolute atomic E-state index is 0.146. The summed E-state index contributed by atoms with van der Waals surface area (Å²) in [4.78, 5) is 21.8. The maximum Gasteiger partial charge on any atom is 0.270 e. The summed E-state index contributed by atoms with van der Waals surface area (Å²) in [5.41, 5.74) is 1.42. The summed E-state index contributed by atoms with van der Waals surface area (Å²) in [5.74, 6) is 1.88. The second-order valence-corrected chi connectivity index (χ2v) is 9.71. The van der Waals surface area contributed by atoms with Gasteiger partial charge in [0.1, 0.15) is 16.5 Å². The first-order valence-electron chi connectivity index (χ1n) is 9.75. The summed E-state index contributed by atoms with van der Waals surface area (Å²) < 4.78 is 6.07. The molecule has 1 unspecified atom stereocenters. The van der Waals surface area contributed by atoms with Crippen molar-refractivity contribution >= 4 is 17.2 Å². The Bertz CT molecular complexity index is 805. The fourth-order valence-corrected chi connectivity index (χ4v) is 4.05. The van der Waals surface area contributed by atoms with Crippen molar-refractivity contribution in [1.82, 2.24) is 15.3 Å². The Morgan fingerprint density at radius 2 is 2.07 bits per heavy atom. The van der Waals surface area contributed by atoms with E-state index in [-0.39, 0.29) is 17.4 Å². The molecule has 2 saturated carbocycles. The summed E-state index contributed by atoms with van der Waals surface area (Å²) in [6, 6.07) is 1.66. The molecule has 0 bridgehead atoms. The van der Waals surface area contributed by atoms with Crippen LogP contribution >= 0.6 is 11.3 Å². The molecule has 0 radical (unpaired) electrons. The highest BCUT2D eigenvalue weighted by atomic mass is 32.1. The van der Waals surface area contributed by atoms with Gasteiger partial charge >= 0.3 is 0 Å². The summed E-state index contributed by atoms with van der Waals surface area (Å²) in [6.07, 6.45) is 8.48. The zero-order valence-corrected chi connectivity index (χ0v) is 17.0. The molecule has 5 nitrogen and oxygen atoms in total. The van der Waals surface area contributed by atoms with E-state index in [0.717, 1.165) is 22.9 Å². The molecule has 1 amide bonds. The van der Waals surface area contributed by atoms with Crippen molar-refractivity contribution in [2.75, 3.05) is 6.61 Å². The fourth-order valence-electron chi connectivity index (χ4n) is 3.12. The van der Waals surface area contributed by atoms with Gasteiger partial charge in [-0.3, -0.25) is 9.78 Å². The average Bonchev–Trinajstić information content (AvgIpc) is 3.56. The van der Waals surface area contributed by atoms with Gasteiger partial charge in [0.05, 0.1) is 12.6 Å². The Morgan fingerprint density at radius 3 is 2.67 bits per heavy atom. The van der Waals surface area contributed by atoms with Gasteiger partial charge in [-0.1, -0.05) is 20.8 Å². The van der Waals surface area contributed by atoms with Crippen LogP contribution in [-0.4, -0.2) is 22.5 Å². The van der Waals surface area contributed by atoms with Crippen LogP contribution in [0.3, 0.4) is 0 Å². The van der Waals surface area contributed by atoms with E-state index in [1.807, 2.05) is 17.6 Å². The van der Waals surface area contributed by atoms with Crippen LogP contribution in [0.5, 0.6) is 5.75 Å². The topological polar surface area (TPSA) is 64.1 Å². The van der Waals surface area contributed by atoms with Crippen molar-refractivity contribution < 1.29 is 9.53 Å². The number of carbonyl (C=O) groups excluding carboxylic acids is 1. The van der Waals surface area contributed by atoms with Crippen molar-refractivity contribution in [2.45, 2.75) is 58.4 Å². The minimum Gasteiger partial charge on any atom is -0.493 e. The Balaban J connectivity index is 1.54. The Labute approximate surface area is 164 Å². The van der Waals surface area contributed by atoms with Gasteiger partial charge in [-0.25, -0.2) is 4.98 Å². The molecule has 1 atom stereocenters. The first-order valence-corrected chi connectivity index (χ1v) is 10.6. The monoisotopic (exact) mass is 385 g/mol. The van der Waals surface area contributed by atoms with Crippen LogP contribution < -0.4 is 10.1 Å². The zero-order chi connectivity index (χ0) is 19.0. The standard InChI is InChI=1S/C21H27N3O2S/c1-21(2,3)18(20-22-8-9-27-20)24-19(25)16-10-17(26-12-13-4-5-13)15(11-23-16)14-6-7-14/h8-11,13-14,18H,4-7,12H2,1-3H3,(H,24,25). The molecule has 2 aromatic rings. The van der Waals surface area contributed by atoms with E-state index in [1.165, 1.54) is 25.7 Å². The Kier molecular flexibility index (Phi) is 4.93. The van der Waals surface area contributed by atoms with E-state index in [4.69, 9.17) is 4.74 Å². The minimum atomic E-state index is -0.177. The molecule has 0 spiro atoms. The molecule has 2 aliphatic carbocycles. The fraction of sp³-hybridized carbons (Fsp3) is 0.571. The predicted molar refractivity (Wildman–Crippen MR) is 106 cm³/mol. The molecule has 4 rings (SSSR count). The first kappa shape index (κ1) is 18.4. The smallest absolute Gasteiger partial charge is 0.270 e. The molecule has 2 aliphatic rings. The number of thiazole rings is 1. The third kappa shape index (κ3) is 4.49. The molecule has 0 aliphatic heterocycles. The van der Waals surface area contributed by atoms with E-state index in [1.54, 1.807) is 17.5 Å². The summed E-state index contributed by atoms with van der Waals surface area (Å²) >= 11 is 1.56. The molecule has 27 heavy (non-hydrogen) atoms. The third-order valence-corrected chi connectivity index (χ3v) is 6.00. The number of nitrogens with one attached hydrogen (secondary N) is 1. The van der Waals surface area contributed by atoms with E-state index in [2.05, 4.69) is 36.1 Å². The lowest BCUT2D eigenvalue weighted by atomic mass is 9.87. The number of amides is 1. The van der Waals surface area contributed by atoms with Gasteiger partial charge in [0.2, 0.25) is 0 Å². The molecule has 2 heterocycles. The number of hydrogen-bond donors (Lipinski definition) is 1. The number of carbonyl (C=O) groups is 1. The number of pyridine rings is 1. The van der Waals surface area contributed by atoms with Crippen LogP contribution in [0.1, 0.15) is 79.5 Å². The van der Waals surface area contributed by atoms with Crippen molar-refractivity contribution in [2.24, 2.45) is 11.3 Å². The molecule has 0 aromatic carbocycles. The van der Waals surface area contributed by atoms with E-state index in [0.29, 0.717) is 17.5 Å². The Hall–Kier alpha value is -1.95. The normalized spacial score (nSPS) is 18.2. The summed E-state index contributed by atoms with van der Waals surface area (Å²) in [6.45, 7) is 7.06. The maximum absolute atomic E-state index is 12.9. The van der Waals surface area contributed by atoms with E-state index >= 15 is 0 Å². The van der Waals surface area contributed by atoms with Gasteiger partial charge in [-0.2, -0.15) is 0 Å². The maximum atomic E-state index is 12.9. The molecule has 2 aromatic heterocycles. The number of rotatable bonds is 7. The Morgan fingerprint density at radius 1 is 1.30 bits per heavy atom. The quantitative estimate of drug-likeness (QED) is 0.749. The summed E-state index contributed by atoms with van der Waals surface area (Å²) in [5, 5.41) is 5.99. The lowest BCUT2D eigenvalue weighted by molar-refractivity contribution is 0.0896. The second-order valence-electron chi connectivity index (χ2n) is 8.78. The zero-order valence-electron chi connectivity index (χ0n) is 16.2. The van der Waals surface area contributed by atoms with Crippen molar-refractivity contribution in [1.29, 1.82) is 0 Å². The molecule has 144 valence electrons. The van der Waals surface area contributed by atoms with Crippen LogP contribution in [0.25, 0.3) is 0 Å². The average molecular weight is 386 g/mol. The van der Waals surface area contributed by atoms with Crippen molar-refractivity contribution in [3.8, 4) is 5.75 Å². The molecular weight excluding hydrogens is 358 g/mol. The van der Waals surface area contributed by atoms with Gasteiger partial charge < -0.3 is 10.1 Å². The highest BCUT2D eigenvalue weighted by molar-refractivity contribution is 7.09. The largest absolute Gasteiger partial charge is 0.493 e. The lowest BCUT2D eigenvalue weighted by Gasteiger charge is -2.29. The number of nitrogens with zero attached hydrogens (tertiary/aromatic N) is 2. The van der Waals surface area contributed by atoms with Gasteiger partial charge in [0, 0.05) is 29.4 Å². The highest BCUT2D eigenvalue weighted by Crippen LogP contribution is 2.44. The summed E-state index contributed by atoms with van der Waals surface area (Å²) in [7, 11) is 0. The molecular formula is C21H27N3O2S. The predicted octanol–water partition coefficient (Wildman–Crippen LogP) is 4.72. The van der Waals surface area contributed by atoms with Crippen LogP contribution in [-0.2, 0) is 0 Å². The number of hydrogen-bond acceptors (Lipinski definition) is 5. The van der Waals surface area contributed by atoms with Gasteiger partial charge in [-0.05, 0) is 42.9 Å². The molecule has 6 heteroatoms.